The fourth-order valence-corrected chi connectivity index (χ4v) is 3.88. The minimum absolute atomic E-state index is 0.0598. The molecule has 0 spiro atoms. The Balaban J connectivity index is 1.30. The maximum absolute atomic E-state index is 12.9. The van der Waals surface area contributed by atoms with Gasteiger partial charge in [0.05, 0.1) is 26.2 Å². The third kappa shape index (κ3) is 4.77. The van der Waals surface area contributed by atoms with Gasteiger partial charge in [0, 0.05) is 10.6 Å². The fraction of sp³-hybridized carbons (Fsp3) is 0.409. The van der Waals surface area contributed by atoms with Crippen molar-refractivity contribution in [1.29, 1.82) is 0 Å². The van der Waals surface area contributed by atoms with E-state index in [1.54, 1.807) is 24.3 Å². The lowest BCUT2D eigenvalue weighted by atomic mass is 10.1. The molecule has 0 aliphatic carbocycles. The van der Waals surface area contributed by atoms with Crippen LogP contribution in [0, 0.1) is 0 Å². The van der Waals surface area contributed by atoms with Crippen LogP contribution in [0.3, 0.4) is 0 Å². The van der Waals surface area contributed by atoms with Gasteiger partial charge in [0.15, 0.2) is 17.6 Å². The summed E-state index contributed by atoms with van der Waals surface area (Å²) in [5, 5.41) is 0.651. The van der Waals surface area contributed by atoms with E-state index in [2.05, 4.69) is 12.1 Å². The molecule has 2 aliphatic rings. The number of nitrogens with one attached hydrogen (secondary N) is 1. The van der Waals surface area contributed by atoms with Crippen LogP contribution in [0.2, 0.25) is 5.02 Å². The van der Waals surface area contributed by atoms with Gasteiger partial charge in [-0.15, -0.1) is 0 Å². The first-order valence-electron chi connectivity index (χ1n) is 10.1. The maximum atomic E-state index is 12.9. The number of nitrogens with zero attached hydrogens (tertiary/aromatic N) is 1. The van der Waals surface area contributed by atoms with E-state index in [4.69, 9.17) is 25.8 Å². The summed E-state index contributed by atoms with van der Waals surface area (Å²) in [6.07, 6.45) is 0.165. The Hall–Kier alpha value is -2.44. The number of rotatable bonds is 6. The Morgan fingerprint density at radius 1 is 1.14 bits per heavy atom. The van der Waals surface area contributed by atoms with Gasteiger partial charge in [-0.2, -0.15) is 0 Å². The van der Waals surface area contributed by atoms with E-state index in [1.807, 2.05) is 17.9 Å². The summed E-state index contributed by atoms with van der Waals surface area (Å²) in [4.78, 5) is 16.3. The molecule has 0 aromatic heterocycles. The molecule has 0 radical (unpaired) electrons. The Kier molecular flexibility index (Phi) is 6.11. The highest BCUT2D eigenvalue weighted by atomic mass is 35.5. The zero-order valence-corrected chi connectivity index (χ0v) is 17.3. The van der Waals surface area contributed by atoms with Crippen LogP contribution in [-0.2, 0) is 11.3 Å². The Labute approximate surface area is 175 Å². The first-order valence-corrected chi connectivity index (χ1v) is 10.4. The van der Waals surface area contributed by atoms with E-state index in [0.29, 0.717) is 24.0 Å². The average molecular weight is 418 g/mol. The number of amides is 1. The summed E-state index contributed by atoms with van der Waals surface area (Å²) in [5.41, 5.74) is 1.22. The first-order chi connectivity index (χ1) is 14.1. The SMILES string of the molecule is CC[C@H](Oc1ccc(Cl)cc1)C(=O)N1CC[NH+](Cc2ccc3c(c2)OCO3)CC1. The lowest BCUT2D eigenvalue weighted by Crippen LogP contribution is -3.13. The summed E-state index contributed by atoms with van der Waals surface area (Å²) in [6, 6.07) is 13.2. The number of carbonyl (C=O) groups is 1. The molecule has 1 saturated heterocycles. The van der Waals surface area contributed by atoms with Crippen molar-refractivity contribution in [3.63, 3.8) is 0 Å². The van der Waals surface area contributed by atoms with Crippen LogP contribution in [0.15, 0.2) is 42.5 Å². The molecular weight excluding hydrogens is 392 g/mol. The van der Waals surface area contributed by atoms with E-state index in [-0.39, 0.29) is 5.91 Å². The normalized spacial score (nSPS) is 17.2. The molecule has 1 atom stereocenters. The number of ether oxygens (including phenoxy) is 3. The van der Waals surface area contributed by atoms with Gasteiger partial charge >= 0.3 is 0 Å². The van der Waals surface area contributed by atoms with Crippen molar-refractivity contribution in [2.24, 2.45) is 0 Å². The van der Waals surface area contributed by atoms with Gasteiger partial charge in [0.2, 0.25) is 6.79 Å². The molecule has 1 fully saturated rings. The molecule has 6 nitrogen and oxygen atoms in total. The third-order valence-electron chi connectivity index (χ3n) is 5.41. The molecule has 0 unspecified atom stereocenters. The van der Waals surface area contributed by atoms with Crippen molar-refractivity contribution < 1.29 is 23.9 Å². The molecule has 2 aromatic carbocycles. The van der Waals surface area contributed by atoms with Gasteiger partial charge in [-0.3, -0.25) is 4.79 Å². The lowest BCUT2D eigenvalue weighted by Gasteiger charge is -2.34. The number of carbonyl (C=O) groups excluding carboxylic acids is 1. The van der Waals surface area contributed by atoms with E-state index >= 15 is 0 Å². The predicted molar refractivity (Wildman–Crippen MR) is 110 cm³/mol. The number of quaternary nitrogens is 1. The largest absolute Gasteiger partial charge is 0.481 e. The van der Waals surface area contributed by atoms with Crippen LogP contribution in [0.4, 0.5) is 0 Å². The zero-order chi connectivity index (χ0) is 20.2. The van der Waals surface area contributed by atoms with E-state index < -0.39 is 6.10 Å². The monoisotopic (exact) mass is 417 g/mol. The van der Waals surface area contributed by atoms with Crippen LogP contribution in [0.25, 0.3) is 0 Å². The smallest absolute Gasteiger partial charge is 0.264 e. The van der Waals surface area contributed by atoms with E-state index in [1.165, 1.54) is 10.5 Å². The molecule has 1 amide bonds. The minimum Gasteiger partial charge on any atom is -0.481 e. The van der Waals surface area contributed by atoms with Gasteiger partial charge in [-0.1, -0.05) is 18.5 Å². The lowest BCUT2D eigenvalue weighted by molar-refractivity contribution is -0.917. The van der Waals surface area contributed by atoms with Gasteiger partial charge < -0.3 is 24.0 Å². The van der Waals surface area contributed by atoms with Crippen LogP contribution in [0.1, 0.15) is 18.9 Å². The van der Waals surface area contributed by atoms with Gasteiger partial charge in [0.1, 0.15) is 12.3 Å². The zero-order valence-electron chi connectivity index (χ0n) is 16.5. The topological polar surface area (TPSA) is 52.4 Å². The minimum atomic E-state index is -0.466. The van der Waals surface area contributed by atoms with Crippen LogP contribution >= 0.6 is 11.6 Å². The number of fused-ring (bicyclic) bond motifs is 1. The van der Waals surface area contributed by atoms with E-state index in [9.17, 15) is 4.79 Å². The molecule has 1 N–H and O–H groups in total. The molecule has 2 heterocycles. The second kappa shape index (κ2) is 8.93. The van der Waals surface area contributed by atoms with Crippen LogP contribution in [-0.4, -0.2) is 49.9 Å². The number of piperazine rings is 1. The summed E-state index contributed by atoms with van der Waals surface area (Å²) in [6.45, 7) is 6.48. The van der Waals surface area contributed by atoms with Crippen molar-refractivity contribution >= 4 is 17.5 Å². The highest BCUT2D eigenvalue weighted by Gasteiger charge is 2.29. The van der Waals surface area contributed by atoms with Crippen LogP contribution in [0.5, 0.6) is 17.2 Å². The average Bonchev–Trinajstić information content (AvgIpc) is 3.21. The molecular formula is C22H26ClN2O4+. The molecule has 4 rings (SSSR count). The summed E-state index contributed by atoms with van der Waals surface area (Å²) < 4.78 is 16.8. The Bertz CT molecular complexity index is 850. The molecule has 2 aliphatic heterocycles. The third-order valence-corrected chi connectivity index (χ3v) is 5.66. The summed E-state index contributed by atoms with van der Waals surface area (Å²) in [5.74, 6) is 2.36. The highest BCUT2D eigenvalue weighted by Crippen LogP contribution is 2.32. The molecule has 154 valence electrons. The molecule has 29 heavy (non-hydrogen) atoms. The first kappa shape index (κ1) is 19.9. The van der Waals surface area contributed by atoms with Crippen molar-refractivity contribution in [3.05, 3.63) is 53.1 Å². The van der Waals surface area contributed by atoms with Gasteiger partial charge in [-0.25, -0.2) is 0 Å². The molecule has 7 heteroatoms. The number of benzene rings is 2. The van der Waals surface area contributed by atoms with Gasteiger partial charge in [-0.05, 0) is 48.9 Å². The standard InChI is InChI=1S/C22H25ClN2O4/c1-2-19(29-18-6-4-17(23)5-7-18)22(26)25-11-9-24(10-12-25)14-16-3-8-20-21(13-16)28-15-27-20/h3-8,13,19H,2,9-12,14-15H2,1H3/p+1/t19-/m0/s1. The maximum Gasteiger partial charge on any atom is 0.264 e. The summed E-state index contributed by atoms with van der Waals surface area (Å²) in [7, 11) is 0. The van der Waals surface area contributed by atoms with Crippen molar-refractivity contribution in [1.82, 2.24) is 4.90 Å². The van der Waals surface area contributed by atoms with E-state index in [0.717, 1.165) is 44.2 Å². The molecule has 2 aromatic rings. The highest BCUT2D eigenvalue weighted by molar-refractivity contribution is 6.30. The molecule has 0 bridgehead atoms. The second-order valence-corrected chi connectivity index (χ2v) is 7.84. The van der Waals surface area contributed by atoms with Gasteiger partial charge in [0.25, 0.3) is 5.91 Å². The summed E-state index contributed by atoms with van der Waals surface area (Å²) >= 11 is 5.92. The number of hydrogen-bond donors (Lipinski definition) is 1. The fourth-order valence-electron chi connectivity index (χ4n) is 3.75. The predicted octanol–water partition coefficient (Wildman–Crippen LogP) is 2.15. The Morgan fingerprint density at radius 2 is 1.86 bits per heavy atom. The Morgan fingerprint density at radius 3 is 2.59 bits per heavy atom. The van der Waals surface area contributed by atoms with Crippen molar-refractivity contribution in [2.45, 2.75) is 26.0 Å². The second-order valence-electron chi connectivity index (χ2n) is 7.41. The van der Waals surface area contributed by atoms with Crippen molar-refractivity contribution in [2.75, 3.05) is 33.0 Å². The quantitative estimate of drug-likeness (QED) is 0.782. The van der Waals surface area contributed by atoms with Crippen LogP contribution < -0.4 is 19.1 Å². The number of hydrogen-bond acceptors (Lipinski definition) is 4. The molecule has 0 saturated carbocycles. The number of halogens is 1. The van der Waals surface area contributed by atoms with Crippen molar-refractivity contribution in [3.8, 4) is 17.2 Å².